The van der Waals surface area contributed by atoms with Crippen molar-refractivity contribution in [1.82, 2.24) is 19.2 Å². The van der Waals surface area contributed by atoms with Crippen molar-refractivity contribution in [2.45, 2.75) is 51.8 Å². The third-order valence-corrected chi connectivity index (χ3v) is 14.4. The Morgan fingerprint density at radius 1 is 0.658 bits per heavy atom. The Labute approximate surface area is 480 Å². The van der Waals surface area contributed by atoms with E-state index in [1.165, 1.54) is 46.7 Å². The average molecular weight is 1180 g/mol. The van der Waals surface area contributed by atoms with E-state index in [2.05, 4.69) is 138 Å². The molecule has 0 atom stereocenters. The van der Waals surface area contributed by atoms with Gasteiger partial charge < -0.3 is 28.7 Å². The molecule has 0 unspecified atom stereocenters. The minimum absolute atomic E-state index is 0. The largest absolute Gasteiger partial charge is 0.509 e. The van der Waals surface area contributed by atoms with Gasteiger partial charge in [0.25, 0.3) is 0 Å². The van der Waals surface area contributed by atoms with Crippen LogP contribution in [0.25, 0.3) is 38.6 Å². The second-order valence-corrected chi connectivity index (χ2v) is 20.0. The number of para-hydroxylation sites is 3. The molecule has 76 heavy (non-hydrogen) atoms. The molecule has 0 fully saturated rings. The third kappa shape index (κ3) is 8.71. The molecule has 0 aliphatic carbocycles. The fraction of sp³-hybridized carbons (Fsp3) is 0.121. The molecule has 7 heterocycles. The zero-order valence-corrected chi connectivity index (χ0v) is 43.9. The summed E-state index contributed by atoms with van der Waals surface area (Å²) in [5, 5.41) is 0.343. The summed E-state index contributed by atoms with van der Waals surface area (Å²) in [5.41, 5.74) is 5.33. The summed E-state index contributed by atoms with van der Waals surface area (Å²) in [6.07, 6.45) is 26.4. The number of rotatable bonds is 10. The molecule has 6 aromatic carbocycles. The van der Waals surface area contributed by atoms with Gasteiger partial charge in [0.15, 0.2) is 0 Å². The molecular weight excluding hydrogens is 1110 g/mol. The number of benzene rings is 6. The van der Waals surface area contributed by atoms with Crippen molar-refractivity contribution in [2.75, 3.05) is 9.80 Å². The van der Waals surface area contributed by atoms with E-state index < -0.39 is 49.3 Å². The number of pyridine rings is 1. The van der Waals surface area contributed by atoms with Crippen molar-refractivity contribution < 1.29 is 43.6 Å². The summed E-state index contributed by atoms with van der Waals surface area (Å²) in [7, 11) is 0. The predicted octanol–water partition coefficient (Wildman–Crippen LogP) is 15.2. The maximum Gasteiger partial charge on any atom is 0.320 e. The van der Waals surface area contributed by atoms with Crippen LogP contribution in [0.1, 0.15) is 85.7 Å². The number of anilines is 3. The maximum atomic E-state index is 9.47. The van der Waals surface area contributed by atoms with E-state index in [4.69, 9.17) is 17.1 Å². The average Bonchev–Trinajstić information content (AvgIpc) is 1.59. The first-order chi connectivity index (χ1) is 42.0. The summed E-state index contributed by atoms with van der Waals surface area (Å²) in [5.74, 6) is 4.05. The molecule has 0 spiro atoms. The standard InChI is InChI=1S/C66H55B2N6O.Pt/c1-65(2,3)49-40-55(58-25-18-38-71-36-15-13-33-67(58)71)57(56(41-49)59-26-19-39-72-37-16-14-34-68(59)72)45-70-46-73(62-29-12-11-28-61(62)70)50-22-17-23-51(43-50)75-52-30-31-54-53-24-9-10-27-60(53)74(63(54)44-52)64-42-48(32-35-69-64)66(4,5)47-20-7-6-8-21-47;/h6-42,46H,45H2,1-5H3;/q-3;/i4D3,5D3,9D,10D,17D,22D,23D,24D,27D;. The van der Waals surface area contributed by atoms with Crippen LogP contribution in [0.2, 0.25) is 0 Å². The summed E-state index contributed by atoms with van der Waals surface area (Å²) in [6.45, 7) is 2.50. The Morgan fingerprint density at radius 2 is 1.34 bits per heavy atom. The van der Waals surface area contributed by atoms with Gasteiger partial charge in [-0.3, -0.25) is 0 Å². The zero-order valence-electron chi connectivity index (χ0n) is 54.7. The molecule has 8 aromatic rings. The Kier molecular flexibility index (Phi) is 9.31. The Bertz CT molecular complexity index is 4390. The van der Waals surface area contributed by atoms with E-state index >= 15 is 0 Å². The van der Waals surface area contributed by atoms with Crippen molar-refractivity contribution in [3.63, 3.8) is 0 Å². The summed E-state index contributed by atoms with van der Waals surface area (Å²) in [6, 6.07) is 29.1. The quantitative estimate of drug-likeness (QED) is 0.100. The van der Waals surface area contributed by atoms with Crippen LogP contribution >= 0.6 is 0 Å². The summed E-state index contributed by atoms with van der Waals surface area (Å²) < 4.78 is 125. The SMILES string of the molecule is [2H]c1c(Oc2[c-]c3c(cc2)c2c([2H])c([2H])c([2H])c([2H])c2n3-c2cc(C(c3ccccc3)(C([2H])([2H])[2H])C([2H])([2H])[2H])ccn2)[c-]c(N2[CH-]N(Cc3c(C4=CC=CN5C=CC=CB45)cc(C(C)(C)C)cc3C3=CC=CN4C=CC=CB34)c3ccccc32)c([2H])c1[2H].[Pt]. The van der Waals surface area contributed by atoms with E-state index in [0.29, 0.717) is 12.2 Å². The van der Waals surface area contributed by atoms with Gasteiger partial charge in [-0.25, -0.2) is 4.98 Å². The number of fused-ring (bicyclic) bond motifs is 6. The van der Waals surface area contributed by atoms with Crippen molar-refractivity contribution in [2.24, 2.45) is 0 Å². The monoisotopic (exact) mass is 1180 g/mol. The van der Waals surface area contributed by atoms with E-state index in [1.807, 2.05) is 43.1 Å². The minimum Gasteiger partial charge on any atom is -0.509 e. The smallest absolute Gasteiger partial charge is 0.320 e. The van der Waals surface area contributed by atoms with Crippen LogP contribution in [0.5, 0.6) is 11.5 Å². The van der Waals surface area contributed by atoms with Crippen molar-refractivity contribution in [3.8, 4) is 17.3 Å². The van der Waals surface area contributed by atoms with Crippen LogP contribution in [-0.2, 0) is 38.4 Å². The minimum atomic E-state index is -3.15. The molecule has 13 rings (SSSR count). The molecule has 10 heteroatoms. The zero-order chi connectivity index (χ0) is 61.9. The molecule has 0 saturated carbocycles. The predicted molar refractivity (Wildman–Crippen MR) is 312 cm³/mol. The van der Waals surface area contributed by atoms with Gasteiger partial charge in [0.05, 0.1) is 5.48 Å². The van der Waals surface area contributed by atoms with Gasteiger partial charge in [0.2, 0.25) is 0 Å². The van der Waals surface area contributed by atoms with Crippen LogP contribution in [-0.4, -0.2) is 32.9 Å². The second kappa shape index (κ2) is 19.6. The Hall–Kier alpha value is -7.99. The van der Waals surface area contributed by atoms with E-state index in [-0.39, 0.29) is 108 Å². The number of allylic oxidation sites excluding steroid dienone is 8. The first-order valence-corrected chi connectivity index (χ1v) is 24.9. The molecule has 0 saturated heterocycles. The third-order valence-electron chi connectivity index (χ3n) is 14.4. The first kappa shape index (κ1) is 36.1. The molecule has 0 amide bonds. The van der Waals surface area contributed by atoms with Gasteiger partial charge in [-0.2, -0.15) is 18.8 Å². The normalized spacial score (nSPS) is 18.3. The fourth-order valence-electron chi connectivity index (χ4n) is 10.6. The van der Waals surface area contributed by atoms with E-state index in [9.17, 15) is 5.48 Å². The summed E-state index contributed by atoms with van der Waals surface area (Å²) in [4.78, 5) is 12.9. The van der Waals surface area contributed by atoms with Crippen molar-refractivity contribution in [1.29, 1.82) is 0 Å². The number of aromatic nitrogens is 2. The molecule has 5 aliphatic heterocycles. The molecule has 0 bridgehead atoms. The molecular formula is C66H55B2N6OPt-3. The molecule has 0 N–H and O–H groups in total. The number of ether oxygens (including phenoxy) is 1. The van der Waals surface area contributed by atoms with Crippen LogP contribution in [0, 0.1) is 18.8 Å². The van der Waals surface area contributed by atoms with Gasteiger partial charge in [-0.15, -0.1) is 41.4 Å². The molecule has 0 radical (unpaired) electrons. The van der Waals surface area contributed by atoms with Crippen LogP contribution < -0.4 is 14.5 Å². The van der Waals surface area contributed by atoms with Crippen LogP contribution in [0.3, 0.4) is 0 Å². The number of hydrogen-bond donors (Lipinski definition) is 0. The van der Waals surface area contributed by atoms with Crippen molar-refractivity contribution >= 4 is 63.5 Å². The van der Waals surface area contributed by atoms with Crippen molar-refractivity contribution in [3.05, 3.63) is 277 Å². The van der Waals surface area contributed by atoms with Crippen LogP contribution in [0.4, 0.5) is 17.1 Å². The van der Waals surface area contributed by atoms with Gasteiger partial charge >= 0.3 is 13.7 Å². The van der Waals surface area contributed by atoms with E-state index in [1.54, 1.807) is 29.2 Å². The maximum absolute atomic E-state index is 9.47. The van der Waals surface area contributed by atoms with Gasteiger partial charge in [0, 0.05) is 77.2 Å². The van der Waals surface area contributed by atoms with Crippen LogP contribution in [0.15, 0.2) is 225 Å². The first-order valence-electron chi connectivity index (χ1n) is 31.4. The second-order valence-electron chi connectivity index (χ2n) is 20.0. The molecule has 7 nitrogen and oxygen atoms in total. The van der Waals surface area contributed by atoms with Gasteiger partial charge in [0.1, 0.15) is 5.82 Å². The fourth-order valence-corrected chi connectivity index (χ4v) is 10.6. The van der Waals surface area contributed by atoms with Gasteiger partial charge in [-0.05, 0) is 137 Å². The summed E-state index contributed by atoms with van der Waals surface area (Å²) >= 11 is 0. The Balaban J connectivity index is 0.00000769. The molecule has 2 aromatic heterocycles. The molecule has 374 valence electrons. The molecule has 5 aliphatic rings. The van der Waals surface area contributed by atoms with E-state index in [0.717, 1.165) is 33.3 Å². The number of hydrogen-bond acceptors (Lipinski definition) is 6. The number of nitrogens with zero attached hydrogens (tertiary/aromatic N) is 6. The topological polar surface area (TPSA) is 40.0 Å². The van der Waals surface area contributed by atoms with Gasteiger partial charge in [-0.1, -0.05) is 149 Å². The Morgan fingerprint density at radius 3 is 2.05 bits per heavy atom.